The van der Waals surface area contributed by atoms with Gasteiger partial charge in [-0.1, -0.05) is 149 Å². The third-order valence-corrected chi connectivity index (χ3v) is 11.3. The van der Waals surface area contributed by atoms with E-state index in [0.29, 0.717) is 6.04 Å². The van der Waals surface area contributed by atoms with Crippen LogP contribution in [-0.4, -0.2) is 6.04 Å². The SMILES string of the molecule is CC1=C(C(c2ccccc2)(c2ccccc2)c2ccc(NC3CCCCCCCCCCC3)c(C)c2C)c2cc3c(cc2=C1)C=CC=3. The molecule has 0 spiro atoms. The molecule has 3 aliphatic carbocycles. The van der Waals surface area contributed by atoms with Crippen LogP contribution >= 0.6 is 0 Å². The van der Waals surface area contributed by atoms with Crippen molar-refractivity contribution in [2.45, 2.75) is 103 Å². The summed E-state index contributed by atoms with van der Waals surface area (Å²) in [5.74, 6) is 0. The number of allylic oxidation sites excluding steroid dienone is 3. The van der Waals surface area contributed by atoms with Crippen molar-refractivity contribution in [1.29, 1.82) is 0 Å². The summed E-state index contributed by atoms with van der Waals surface area (Å²) in [7, 11) is 0. The molecule has 1 heteroatoms. The van der Waals surface area contributed by atoms with Gasteiger partial charge in [-0.2, -0.15) is 0 Å². The number of hydrogen-bond acceptors (Lipinski definition) is 1. The van der Waals surface area contributed by atoms with Crippen LogP contribution in [0.15, 0.2) is 96.6 Å². The second-order valence-corrected chi connectivity index (χ2v) is 14.3. The van der Waals surface area contributed by atoms with Crippen LogP contribution in [0, 0.1) is 13.8 Å². The minimum Gasteiger partial charge on any atom is -0.382 e. The number of nitrogens with one attached hydrogen (secondary N) is 1. The lowest BCUT2D eigenvalue weighted by molar-refractivity contribution is 0.480. The molecule has 0 unspecified atom stereocenters. The van der Waals surface area contributed by atoms with Gasteiger partial charge >= 0.3 is 0 Å². The molecule has 4 aromatic rings. The highest BCUT2D eigenvalue weighted by Gasteiger charge is 2.44. The molecule has 0 atom stereocenters. The van der Waals surface area contributed by atoms with Crippen LogP contribution in [0.1, 0.15) is 116 Å². The van der Waals surface area contributed by atoms with E-state index in [4.69, 9.17) is 0 Å². The molecule has 0 saturated heterocycles. The first-order chi connectivity index (χ1) is 23.1. The van der Waals surface area contributed by atoms with Gasteiger partial charge in [0.2, 0.25) is 0 Å². The van der Waals surface area contributed by atoms with Crippen molar-refractivity contribution in [2.24, 2.45) is 0 Å². The Morgan fingerprint density at radius 1 is 0.617 bits per heavy atom. The minimum absolute atomic E-state index is 0.477. The average Bonchev–Trinajstić information content (AvgIpc) is 3.68. The molecule has 1 saturated carbocycles. The van der Waals surface area contributed by atoms with Gasteiger partial charge in [0.25, 0.3) is 0 Å². The standard InChI is InChI=1S/C46H51N/c1-33-30-38-31-36-20-19-21-37(36)32-42(38)45(33)46(39-22-13-11-14-23-39,40-24-15-12-16-25-40)43-28-29-44(35(3)34(43)2)47-41-26-17-9-7-5-4-6-8-10-18-27-41/h11-16,19-25,28-32,41,47H,4-10,17-18,26-27H2,1-3H3. The quantitative estimate of drug-likeness (QED) is 0.212. The molecule has 0 radical (unpaired) electrons. The molecule has 240 valence electrons. The topological polar surface area (TPSA) is 12.0 Å². The van der Waals surface area contributed by atoms with E-state index in [1.807, 2.05) is 0 Å². The van der Waals surface area contributed by atoms with Crippen molar-refractivity contribution in [1.82, 2.24) is 0 Å². The van der Waals surface area contributed by atoms with Crippen molar-refractivity contribution >= 4 is 29.5 Å². The number of rotatable bonds is 6. The van der Waals surface area contributed by atoms with Crippen LogP contribution in [-0.2, 0) is 5.41 Å². The number of fused-ring (bicyclic) bond motifs is 2. The van der Waals surface area contributed by atoms with Crippen LogP contribution in [0.25, 0.3) is 23.8 Å². The zero-order valence-electron chi connectivity index (χ0n) is 28.7. The number of anilines is 1. The van der Waals surface area contributed by atoms with E-state index in [-0.39, 0.29) is 0 Å². The summed E-state index contributed by atoms with van der Waals surface area (Å²) in [6.45, 7) is 7.04. The van der Waals surface area contributed by atoms with E-state index in [9.17, 15) is 0 Å². The van der Waals surface area contributed by atoms with Crippen molar-refractivity contribution in [3.63, 3.8) is 0 Å². The molecule has 47 heavy (non-hydrogen) atoms. The Hall–Kier alpha value is -4.10. The van der Waals surface area contributed by atoms with Crippen LogP contribution < -0.4 is 15.8 Å². The number of hydrogen-bond donors (Lipinski definition) is 1. The molecule has 3 aliphatic rings. The van der Waals surface area contributed by atoms with Gasteiger partial charge in [0.15, 0.2) is 0 Å². The molecular weight excluding hydrogens is 567 g/mol. The molecule has 0 amide bonds. The van der Waals surface area contributed by atoms with Gasteiger partial charge in [0.05, 0.1) is 5.41 Å². The van der Waals surface area contributed by atoms with E-state index in [0.717, 1.165) is 0 Å². The van der Waals surface area contributed by atoms with Gasteiger partial charge < -0.3 is 5.32 Å². The first-order valence-electron chi connectivity index (χ1n) is 18.3. The monoisotopic (exact) mass is 617 g/mol. The first kappa shape index (κ1) is 31.5. The lowest BCUT2D eigenvalue weighted by Gasteiger charge is -2.40. The predicted octanol–water partition coefficient (Wildman–Crippen LogP) is 10.8. The van der Waals surface area contributed by atoms with E-state index < -0.39 is 5.41 Å². The van der Waals surface area contributed by atoms with Crippen molar-refractivity contribution in [3.05, 3.63) is 146 Å². The summed E-state index contributed by atoms with van der Waals surface area (Å²) >= 11 is 0. The van der Waals surface area contributed by atoms with Crippen LogP contribution in [0.5, 0.6) is 0 Å². The number of benzene rings is 4. The third-order valence-electron chi connectivity index (χ3n) is 11.3. The highest BCUT2D eigenvalue weighted by atomic mass is 14.9. The lowest BCUT2D eigenvalue weighted by atomic mass is 9.61. The summed E-state index contributed by atoms with van der Waals surface area (Å²) < 4.78 is 0. The van der Waals surface area contributed by atoms with E-state index in [1.165, 1.54) is 137 Å². The van der Waals surface area contributed by atoms with Gasteiger partial charge in [-0.3, -0.25) is 0 Å². The predicted molar refractivity (Wildman–Crippen MR) is 203 cm³/mol. The minimum atomic E-state index is -0.477. The highest BCUT2D eigenvalue weighted by molar-refractivity contribution is 5.94. The molecule has 0 heterocycles. The fraction of sp³-hybridized carbons (Fsp3) is 0.348. The largest absolute Gasteiger partial charge is 0.382 e. The fourth-order valence-electron chi connectivity index (χ4n) is 8.73. The van der Waals surface area contributed by atoms with Gasteiger partial charge in [-0.05, 0) is 112 Å². The molecule has 1 nitrogen and oxygen atoms in total. The van der Waals surface area contributed by atoms with E-state index >= 15 is 0 Å². The lowest BCUT2D eigenvalue weighted by Crippen LogP contribution is -2.34. The van der Waals surface area contributed by atoms with E-state index in [1.54, 1.807) is 0 Å². The molecule has 1 N–H and O–H groups in total. The van der Waals surface area contributed by atoms with E-state index in [2.05, 4.69) is 135 Å². The molecule has 0 bridgehead atoms. The van der Waals surface area contributed by atoms with Crippen LogP contribution in [0.3, 0.4) is 0 Å². The molecule has 1 fully saturated rings. The summed E-state index contributed by atoms with van der Waals surface area (Å²) in [6, 6.07) is 32.8. The molecule has 0 aliphatic heterocycles. The summed E-state index contributed by atoms with van der Waals surface area (Å²) in [5.41, 5.74) is 13.0. The smallest absolute Gasteiger partial charge is 0.0712 e. The maximum atomic E-state index is 4.09. The fourth-order valence-corrected chi connectivity index (χ4v) is 8.73. The zero-order valence-corrected chi connectivity index (χ0v) is 28.7. The zero-order chi connectivity index (χ0) is 32.2. The van der Waals surface area contributed by atoms with Gasteiger partial charge in [-0.15, -0.1) is 0 Å². The van der Waals surface area contributed by atoms with Crippen LogP contribution in [0.2, 0.25) is 0 Å². The molecular formula is C46H51N. The van der Waals surface area contributed by atoms with Crippen LogP contribution in [0.4, 0.5) is 5.69 Å². The summed E-state index contributed by atoms with van der Waals surface area (Å²) in [6.07, 6.45) is 24.1. The first-order valence-corrected chi connectivity index (χ1v) is 18.3. The maximum Gasteiger partial charge on any atom is 0.0712 e. The third kappa shape index (κ3) is 6.06. The van der Waals surface area contributed by atoms with Gasteiger partial charge in [0.1, 0.15) is 0 Å². The Morgan fingerprint density at radius 2 is 1.21 bits per heavy atom. The Morgan fingerprint density at radius 3 is 1.83 bits per heavy atom. The Bertz CT molecular complexity index is 1860. The summed E-state index contributed by atoms with van der Waals surface area (Å²) in [5, 5.41) is 6.72. The second-order valence-electron chi connectivity index (χ2n) is 14.3. The molecule has 0 aromatic heterocycles. The Balaban J connectivity index is 1.37. The van der Waals surface area contributed by atoms with Gasteiger partial charge in [0, 0.05) is 11.7 Å². The second kappa shape index (κ2) is 13.9. The molecule has 7 rings (SSSR count). The van der Waals surface area contributed by atoms with Gasteiger partial charge in [-0.25, -0.2) is 0 Å². The Kier molecular flexibility index (Phi) is 9.34. The van der Waals surface area contributed by atoms with Crippen molar-refractivity contribution in [2.75, 3.05) is 5.32 Å². The molecule has 4 aromatic carbocycles. The maximum absolute atomic E-state index is 4.09. The Labute approximate surface area is 282 Å². The summed E-state index contributed by atoms with van der Waals surface area (Å²) in [4.78, 5) is 0. The van der Waals surface area contributed by atoms with Crippen molar-refractivity contribution < 1.29 is 0 Å². The van der Waals surface area contributed by atoms with Crippen molar-refractivity contribution in [3.8, 4) is 0 Å². The average molecular weight is 618 g/mol. The normalized spacial score (nSPS) is 17.3. The highest BCUT2D eigenvalue weighted by Crippen LogP contribution is 2.52.